The molecule has 1 amide bonds. The lowest BCUT2D eigenvalue weighted by molar-refractivity contribution is -0.384. The predicted octanol–water partition coefficient (Wildman–Crippen LogP) is 2.95. The third-order valence-electron chi connectivity index (χ3n) is 3.65. The van der Waals surface area contributed by atoms with E-state index in [1.54, 1.807) is 29.2 Å². The molecule has 7 heteroatoms. The molecule has 0 saturated carbocycles. The van der Waals surface area contributed by atoms with Gasteiger partial charge in [0.2, 0.25) is 0 Å². The Labute approximate surface area is 143 Å². The number of fused-ring (bicyclic) bond motifs is 1. The molecule has 2 aromatic rings. The molecule has 0 N–H and O–H groups in total. The predicted molar refractivity (Wildman–Crippen MR) is 96.2 cm³/mol. The second-order valence-electron chi connectivity index (χ2n) is 5.27. The Morgan fingerprint density at radius 2 is 2.00 bits per heavy atom. The lowest BCUT2D eigenvalue weighted by atomic mass is 10.1. The number of hydrogen-bond donors (Lipinski definition) is 0. The summed E-state index contributed by atoms with van der Waals surface area (Å²) in [5.74, 6) is -0.253. The molecule has 0 saturated heterocycles. The molecule has 0 unspecified atom stereocenters. The number of nitro benzene ring substituents is 1. The Morgan fingerprint density at radius 1 is 1.20 bits per heavy atom. The number of benzene rings is 2. The van der Waals surface area contributed by atoms with Crippen LogP contribution in [0.2, 0.25) is 0 Å². The summed E-state index contributed by atoms with van der Waals surface area (Å²) in [5, 5.41) is 18.8. The van der Waals surface area contributed by atoms with Crippen LogP contribution in [0.5, 0.6) is 0 Å². The zero-order valence-corrected chi connectivity index (χ0v) is 13.2. The van der Waals surface area contributed by atoms with Crippen molar-refractivity contribution in [3.63, 3.8) is 0 Å². The van der Waals surface area contributed by atoms with Gasteiger partial charge in [-0.1, -0.05) is 36.4 Å². The van der Waals surface area contributed by atoms with Crippen molar-refractivity contribution in [2.45, 2.75) is 0 Å². The molecule has 124 valence electrons. The van der Waals surface area contributed by atoms with Gasteiger partial charge >= 0.3 is 0 Å². The van der Waals surface area contributed by atoms with Crippen LogP contribution in [0.3, 0.4) is 0 Å². The number of amides is 1. The minimum absolute atomic E-state index is 0.0314. The number of rotatable bonds is 5. The Morgan fingerprint density at radius 3 is 2.76 bits per heavy atom. The van der Waals surface area contributed by atoms with Crippen LogP contribution in [-0.2, 0) is 4.79 Å². The van der Waals surface area contributed by atoms with Crippen molar-refractivity contribution >= 4 is 29.2 Å². The van der Waals surface area contributed by atoms with Gasteiger partial charge in [-0.2, -0.15) is 5.10 Å². The van der Waals surface area contributed by atoms with Crippen molar-refractivity contribution in [1.29, 1.82) is 0 Å². The van der Waals surface area contributed by atoms with Crippen LogP contribution in [0.4, 0.5) is 11.4 Å². The van der Waals surface area contributed by atoms with Crippen LogP contribution in [0, 0.1) is 10.1 Å². The molecule has 0 aromatic heterocycles. The van der Waals surface area contributed by atoms with E-state index in [4.69, 9.17) is 0 Å². The molecular weight excluding hydrogens is 320 g/mol. The first-order chi connectivity index (χ1) is 12.1. The summed E-state index contributed by atoms with van der Waals surface area (Å²) in [6.07, 6.45) is 3.02. The molecule has 25 heavy (non-hydrogen) atoms. The van der Waals surface area contributed by atoms with Gasteiger partial charge in [-0.3, -0.25) is 14.9 Å². The van der Waals surface area contributed by atoms with E-state index in [0.717, 1.165) is 5.69 Å². The minimum Gasteiger partial charge on any atom is -0.302 e. The lowest BCUT2D eigenvalue weighted by Gasteiger charge is -2.13. The SMILES string of the molecule is C=CCN1C(=O)C(=NN=Cc2cccc([N+](=O)[O-])c2)c2ccccc21. The summed E-state index contributed by atoms with van der Waals surface area (Å²) < 4.78 is 0. The highest BCUT2D eigenvalue weighted by Gasteiger charge is 2.32. The van der Waals surface area contributed by atoms with Crippen LogP contribution >= 0.6 is 0 Å². The van der Waals surface area contributed by atoms with Crippen molar-refractivity contribution < 1.29 is 9.72 Å². The quantitative estimate of drug-likeness (QED) is 0.364. The summed E-state index contributed by atoms with van der Waals surface area (Å²) in [7, 11) is 0. The van der Waals surface area contributed by atoms with Crippen LogP contribution < -0.4 is 4.90 Å². The Balaban J connectivity index is 1.91. The minimum atomic E-state index is -0.479. The van der Waals surface area contributed by atoms with Crippen molar-refractivity contribution in [2.75, 3.05) is 11.4 Å². The second-order valence-corrected chi connectivity index (χ2v) is 5.27. The molecule has 1 heterocycles. The van der Waals surface area contributed by atoms with Crippen molar-refractivity contribution in [3.05, 3.63) is 82.4 Å². The summed E-state index contributed by atoms with van der Waals surface area (Å²) in [6, 6.07) is 13.3. The van der Waals surface area contributed by atoms with Gasteiger partial charge < -0.3 is 4.90 Å². The molecule has 0 bridgehead atoms. The van der Waals surface area contributed by atoms with Crippen LogP contribution in [0.15, 0.2) is 71.4 Å². The molecular formula is C18H14N4O3. The van der Waals surface area contributed by atoms with Gasteiger partial charge in [-0.25, -0.2) is 0 Å². The van der Waals surface area contributed by atoms with Gasteiger partial charge in [0.05, 0.1) is 16.8 Å². The number of para-hydroxylation sites is 1. The standard InChI is InChI=1S/C18H14N4O3/c1-2-10-21-16-9-4-3-8-15(16)17(18(21)23)20-19-12-13-6-5-7-14(11-13)22(24)25/h2-9,11-12H,1,10H2. The number of non-ortho nitro benzene ring substituents is 1. The highest BCUT2D eigenvalue weighted by atomic mass is 16.6. The van der Waals surface area contributed by atoms with Crippen molar-refractivity contribution in [1.82, 2.24) is 0 Å². The van der Waals surface area contributed by atoms with E-state index in [-0.39, 0.29) is 17.3 Å². The van der Waals surface area contributed by atoms with Gasteiger partial charge in [0, 0.05) is 29.8 Å². The average molecular weight is 334 g/mol. The molecule has 3 rings (SSSR count). The molecule has 2 aromatic carbocycles. The summed E-state index contributed by atoms with van der Waals surface area (Å²) in [4.78, 5) is 24.4. The molecule has 0 atom stereocenters. The lowest BCUT2D eigenvalue weighted by Crippen LogP contribution is -2.30. The maximum atomic E-state index is 12.5. The van der Waals surface area contributed by atoms with Crippen molar-refractivity contribution in [2.24, 2.45) is 10.2 Å². The Bertz CT molecular complexity index is 918. The molecule has 0 fully saturated rings. The van der Waals surface area contributed by atoms with Gasteiger partial charge in [0.15, 0.2) is 5.71 Å². The van der Waals surface area contributed by atoms with Gasteiger partial charge in [-0.05, 0) is 6.07 Å². The van der Waals surface area contributed by atoms with Gasteiger partial charge in [0.25, 0.3) is 11.6 Å². The number of nitrogens with zero attached hydrogens (tertiary/aromatic N) is 4. The van der Waals surface area contributed by atoms with E-state index in [9.17, 15) is 14.9 Å². The average Bonchev–Trinajstić information content (AvgIpc) is 2.88. The number of carbonyl (C=O) groups is 1. The molecule has 0 spiro atoms. The second kappa shape index (κ2) is 6.88. The fourth-order valence-corrected chi connectivity index (χ4v) is 2.54. The van der Waals surface area contributed by atoms with E-state index >= 15 is 0 Å². The van der Waals surface area contributed by atoms with E-state index in [2.05, 4.69) is 16.8 Å². The summed E-state index contributed by atoms with van der Waals surface area (Å²) in [6.45, 7) is 4.04. The Kier molecular flexibility index (Phi) is 4.47. The topological polar surface area (TPSA) is 88.2 Å². The third-order valence-corrected chi connectivity index (χ3v) is 3.65. The van der Waals surface area contributed by atoms with E-state index in [1.165, 1.54) is 18.3 Å². The fourth-order valence-electron chi connectivity index (χ4n) is 2.54. The molecule has 1 aliphatic rings. The largest absolute Gasteiger partial charge is 0.302 e. The number of carbonyl (C=O) groups excluding carboxylic acids is 1. The van der Waals surface area contributed by atoms with E-state index in [1.807, 2.05) is 18.2 Å². The van der Waals surface area contributed by atoms with Crippen LogP contribution in [0.1, 0.15) is 11.1 Å². The maximum absolute atomic E-state index is 12.5. The first-order valence-electron chi connectivity index (χ1n) is 7.49. The number of nitro groups is 1. The van der Waals surface area contributed by atoms with Crippen LogP contribution in [0.25, 0.3) is 0 Å². The number of anilines is 1. The van der Waals surface area contributed by atoms with E-state index in [0.29, 0.717) is 17.7 Å². The van der Waals surface area contributed by atoms with Gasteiger partial charge in [-0.15, -0.1) is 11.7 Å². The monoisotopic (exact) mass is 334 g/mol. The maximum Gasteiger partial charge on any atom is 0.279 e. The zero-order valence-electron chi connectivity index (χ0n) is 13.2. The van der Waals surface area contributed by atoms with E-state index < -0.39 is 4.92 Å². The zero-order chi connectivity index (χ0) is 17.8. The molecule has 1 aliphatic heterocycles. The third kappa shape index (κ3) is 3.20. The fraction of sp³-hybridized carbons (Fsp3) is 0.0556. The molecule has 0 radical (unpaired) electrons. The van der Waals surface area contributed by atoms with Crippen molar-refractivity contribution in [3.8, 4) is 0 Å². The normalized spacial score (nSPS) is 15.0. The molecule has 0 aliphatic carbocycles. The highest BCUT2D eigenvalue weighted by molar-refractivity contribution is 6.54. The van der Waals surface area contributed by atoms with Crippen LogP contribution in [-0.4, -0.2) is 29.3 Å². The summed E-state index contributed by atoms with van der Waals surface area (Å²) >= 11 is 0. The Hall–Kier alpha value is -3.61. The highest BCUT2D eigenvalue weighted by Crippen LogP contribution is 2.29. The first kappa shape index (κ1) is 16.3. The summed E-state index contributed by atoms with van der Waals surface area (Å²) in [5.41, 5.74) is 2.19. The first-order valence-corrected chi connectivity index (χ1v) is 7.49. The van der Waals surface area contributed by atoms with Gasteiger partial charge in [0.1, 0.15) is 0 Å². The smallest absolute Gasteiger partial charge is 0.279 e. The number of hydrogen-bond acceptors (Lipinski definition) is 5. The molecule has 7 nitrogen and oxygen atoms in total.